The number of nitrogens with zero attached hydrogens (tertiary/aromatic N) is 1. The van der Waals surface area contributed by atoms with Crippen LogP contribution >= 0.6 is 11.6 Å². The molecule has 124 valence electrons. The van der Waals surface area contributed by atoms with Crippen LogP contribution in [-0.2, 0) is 11.2 Å². The average Bonchev–Trinajstić information content (AvgIpc) is 2.97. The molecule has 3 rings (SSSR count). The number of rotatable bonds is 3. The molecule has 2 aromatic rings. The highest BCUT2D eigenvalue weighted by Crippen LogP contribution is 2.28. The Kier molecular flexibility index (Phi) is 4.53. The molecule has 0 saturated carbocycles. The lowest BCUT2D eigenvalue weighted by Crippen LogP contribution is -2.46. The first-order chi connectivity index (χ1) is 11.5. The summed E-state index contributed by atoms with van der Waals surface area (Å²) >= 11 is 5.89. The number of halogens is 2. The molecule has 0 fully saturated rings. The van der Waals surface area contributed by atoms with E-state index in [1.807, 2.05) is 24.3 Å². The van der Waals surface area contributed by atoms with Gasteiger partial charge in [0.2, 0.25) is 5.91 Å². The van der Waals surface area contributed by atoms with Crippen molar-refractivity contribution < 1.29 is 14.0 Å². The standard InChI is InChI=1S/C18H16ClFN2O2/c1-11(21-17(23)16-13(19)6-4-7-14(16)20)18(24)22-10-9-12-5-2-3-8-15(12)22/h2-8,11H,9-10H2,1H3,(H,21,23)/t11-/m1/s1. The Bertz CT molecular complexity index is 789. The number of para-hydroxylation sites is 1. The number of anilines is 1. The van der Waals surface area contributed by atoms with Crippen molar-refractivity contribution >= 4 is 29.1 Å². The van der Waals surface area contributed by atoms with Gasteiger partial charge in [-0.05, 0) is 37.1 Å². The van der Waals surface area contributed by atoms with E-state index in [0.717, 1.165) is 23.7 Å². The van der Waals surface area contributed by atoms with Crippen LogP contribution in [-0.4, -0.2) is 24.4 Å². The molecular weight excluding hydrogens is 331 g/mol. The molecule has 0 aromatic heterocycles. The quantitative estimate of drug-likeness (QED) is 0.928. The van der Waals surface area contributed by atoms with E-state index >= 15 is 0 Å². The second-order valence-electron chi connectivity index (χ2n) is 5.66. The number of benzene rings is 2. The molecule has 0 spiro atoms. The summed E-state index contributed by atoms with van der Waals surface area (Å²) in [5.41, 5.74) is 1.70. The highest BCUT2D eigenvalue weighted by atomic mass is 35.5. The largest absolute Gasteiger partial charge is 0.340 e. The van der Waals surface area contributed by atoms with Crippen molar-refractivity contribution in [2.45, 2.75) is 19.4 Å². The van der Waals surface area contributed by atoms with Gasteiger partial charge in [0.1, 0.15) is 11.9 Å². The van der Waals surface area contributed by atoms with Gasteiger partial charge in [-0.1, -0.05) is 35.9 Å². The van der Waals surface area contributed by atoms with Crippen LogP contribution in [0, 0.1) is 5.82 Å². The van der Waals surface area contributed by atoms with Crippen LogP contribution in [0.3, 0.4) is 0 Å². The lowest BCUT2D eigenvalue weighted by molar-refractivity contribution is -0.119. The maximum atomic E-state index is 13.8. The molecule has 6 heteroatoms. The van der Waals surface area contributed by atoms with Crippen molar-refractivity contribution in [3.63, 3.8) is 0 Å². The van der Waals surface area contributed by atoms with Gasteiger partial charge in [0.25, 0.3) is 5.91 Å². The number of amides is 2. The van der Waals surface area contributed by atoms with E-state index in [0.29, 0.717) is 6.54 Å². The number of hydrogen-bond donors (Lipinski definition) is 1. The maximum Gasteiger partial charge on any atom is 0.256 e. The van der Waals surface area contributed by atoms with Gasteiger partial charge in [0.15, 0.2) is 0 Å². The summed E-state index contributed by atoms with van der Waals surface area (Å²) in [6, 6.07) is 10.9. The Morgan fingerprint density at radius 3 is 2.71 bits per heavy atom. The molecule has 0 saturated heterocycles. The van der Waals surface area contributed by atoms with Gasteiger partial charge in [-0.15, -0.1) is 0 Å². The first-order valence-corrected chi connectivity index (χ1v) is 8.01. The summed E-state index contributed by atoms with van der Waals surface area (Å²) in [5.74, 6) is -1.65. The predicted molar refractivity (Wildman–Crippen MR) is 90.8 cm³/mol. The van der Waals surface area contributed by atoms with Crippen LogP contribution in [0.1, 0.15) is 22.8 Å². The summed E-state index contributed by atoms with van der Waals surface area (Å²) in [6.07, 6.45) is 0.779. The molecule has 24 heavy (non-hydrogen) atoms. The third-order valence-corrected chi connectivity index (χ3v) is 4.38. The van der Waals surface area contributed by atoms with Crippen LogP contribution in [0.15, 0.2) is 42.5 Å². The monoisotopic (exact) mass is 346 g/mol. The van der Waals surface area contributed by atoms with E-state index in [4.69, 9.17) is 11.6 Å². The Labute approximate surface area is 144 Å². The number of hydrogen-bond acceptors (Lipinski definition) is 2. The fraction of sp³-hybridized carbons (Fsp3) is 0.222. The predicted octanol–water partition coefficient (Wildman–Crippen LogP) is 3.19. The summed E-state index contributed by atoms with van der Waals surface area (Å²) in [7, 11) is 0. The Balaban J connectivity index is 1.75. The SMILES string of the molecule is C[C@@H](NC(=O)c1c(F)cccc1Cl)C(=O)N1CCc2ccccc21. The molecule has 0 bridgehead atoms. The van der Waals surface area contributed by atoms with E-state index in [1.54, 1.807) is 11.8 Å². The Hall–Kier alpha value is -2.40. The molecule has 1 N–H and O–H groups in total. The van der Waals surface area contributed by atoms with E-state index in [2.05, 4.69) is 5.32 Å². The van der Waals surface area contributed by atoms with Gasteiger partial charge in [-0.2, -0.15) is 0 Å². The molecule has 0 radical (unpaired) electrons. The van der Waals surface area contributed by atoms with Gasteiger partial charge >= 0.3 is 0 Å². The highest BCUT2D eigenvalue weighted by Gasteiger charge is 2.29. The van der Waals surface area contributed by atoms with Crippen LogP contribution < -0.4 is 10.2 Å². The van der Waals surface area contributed by atoms with Crippen LogP contribution in [0.4, 0.5) is 10.1 Å². The van der Waals surface area contributed by atoms with Crippen molar-refractivity contribution in [2.24, 2.45) is 0 Å². The lowest BCUT2D eigenvalue weighted by atomic mass is 10.1. The van der Waals surface area contributed by atoms with Gasteiger partial charge < -0.3 is 10.2 Å². The third-order valence-electron chi connectivity index (χ3n) is 4.06. The zero-order valence-corrected chi connectivity index (χ0v) is 13.8. The molecule has 1 atom stereocenters. The molecule has 0 unspecified atom stereocenters. The molecular formula is C18H16ClFN2O2. The zero-order chi connectivity index (χ0) is 17.3. The minimum Gasteiger partial charge on any atom is -0.340 e. The second kappa shape index (κ2) is 6.61. The normalized spacial score (nSPS) is 14.2. The first-order valence-electron chi connectivity index (χ1n) is 7.63. The topological polar surface area (TPSA) is 49.4 Å². The first kappa shape index (κ1) is 16.5. The van der Waals surface area contributed by atoms with Crippen LogP contribution in [0.5, 0.6) is 0 Å². The van der Waals surface area contributed by atoms with Crippen LogP contribution in [0.2, 0.25) is 5.02 Å². The van der Waals surface area contributed by atoms with Crippen molar-refractivity contribution in [3.05, 3.63) is 64.4 Å². The minimum absolute atomic E-state index is 0.0127. The smallest absolute Gasteiger partial charge is 0.256 e. The van der Waals surface area contributed by atoms with E-state index < -0.39 is 17.8 Å². The summed E-state index contributed by atoms with van der Waals surface area (Å²) in [6.45, 7) is 2.15. The highest BCUT2D eigenvalue weighted by molar-refractivity contribution is 6.33. The molecule has 1 aliphatic heterocycles. The second-order valence-corrected chi connectivity index (χ2v) is 6.07. The van der Waals surface area contributed by atoms with Crippen molar-refractivity contribution in [3.8, 4) is 0 Å². The number of carbonyl (C=O) groups is 2. The van der Waals surface area contributed by atoms with Gasteiger partial charge in [0, 0.05) is 12.2 Å². The summed E-state index contributed by atoms with van der Waals surface area (Å²) < 4.78 is 13.8. The summed E-state index contributed by atoms with van der Waals surface area (Å²) in [5, 5.41) is 2.54. The third kappa shape index (κ3) is 2.99. The molecule has 2 amide bonds. The van der Waals surface area contributed by atoms with Gasteiger partial charge in [-0.3, -0.25) is 9.59 Å². The van der Waals surface area contributed by atoms with Gasteiger partial charge in [-0.25, -0.2) is 4.39 Å². The number of nitrogens with one attached hydrogen (secondary N) is 1. The van der Waals surface area contributed by atoms with Crippen molar-refractivity contribution in [1.82, 2.24) is 5.32 Å². The number of carbonyl (C=O) groups excluding carboxylic acids is 2. The lowest BCUT2D eigenvalue weighted by Gasteiger charge is -2.22. The van der Waals surface area contributed by atoms with Crippen molar-refractivity contribution in [2.75, 3.05) is 11.4 Å². The van der Waals surface area contributed by atoms with E-state index in [-0.39, 0.29) is 16.5 Å². The van der Waals surface area contributed by atoms with Gasteiger partial charge in [0.05, 0.1) is 10.6 Å². The maximum absolute atomic E-state index is 13.8. The fourth-order valence-corrected chi connectivity index (χ4v) is 3.10. The average molecular weight is 347 g/mol. The van der Waals surface area contributed by atoms with Crippen LogP contribution in [0.25, 0.3) is 0 Å². The fourth-order valence-electron chi connectivity index (χ4n) is 2.85. The molecule has 2 aromatic carbocycles. The molecule has 1 aliphatic rings. The van der Waals surface area contributed by atoms with E-state index in [9.17, 15) is 14.0 Å². The van der Waals surface area contributed by atoms with E-state index in [1.165, 1.54) is 12.1 Å². The molecule has 4 nitrogen and oxygen atoms in total. The van der Waals surface area contributed by atoms with Crippen molar-refractivity contribution in [1.29, 1.82) is 0 Å². The Morgan fingerprint density at radius 1 is 1.21 bits per heavy atom. The minimum atomic E-state index is -0.792. The zero-order valence-electron chi connectivity index (χ0n) is 13.1. The molecule has 0 aliphatic carbocycles. The molecule has 1 heterocycles. The summed E-state index contributed by atoms with van der Waals surface area (Å²) in [4.78, 5) is 26.5. The Morgan fingerprint density at radius 2 is 1.96 bits per heavy atom. The number of fused-ring (bicyclic) bond motifs is 1.